The van der Waals surface area contributed by atoms with Gasteiger partial charge < -0.3 is 16.0 Å². The summed E-state index contributed by atoms with van der Waals surface area (Å²) in [5.41, 5.74) is 2.25. The van der Waals surface area contributed by atoms with Gasteiger partial charge in [0.15, 0.2) is 0 Å². The number of carbonyl (C=O) groups is 1. The molecular weight excluding hydrogens is 333 g/mol. The summed E-state index contributed by atoms with van der Waals surface area (Å²) < 4.78 is 0. The molecule has 0 aromatic heterocycles. The molecule has 3 N–H and O–H groups in total. The molecule has 0 heterocycles. The van der Waals surface area contributed by atoms with E-state index in [1.54, 1.807) is 18.2 Å². The fraction of sp³-hybridized carbons (Fsp3) is 0.235. The van der Waals surface area contributed by atoms with Crippen LogP contribution in [-0.2, 0) is 0 Å². The molecule has 2 amide bonds. The number of hydrogen-bond acceptors (Lipinski definition) is 2. The third-order valence-corrected chi connectivity index (χ3v) is 3.58. The first kappa shape index (κ1) is 17.4. The van der Waals surface area contributed by atoms with Gasteiger partial charge in [-0.05, 0) is 63.2 Å². The quantitative estimate of drug-likeness (QED) is 0.649. The number of anilines is 3. The molecule has 122 valence electrons. The zero-order valence-corrected chi connectivity index (χ0v) is 14.7. The highest BCUT2D eigenvalue weighted by atomic mass is 35.5. The van der Waals surface area contributed by atoms with Gasteiger partial charge >= 0.3 is 6.03 Å². The van der Waals surface area contributed by atoms with Crippen molar-refractivity contribution in [2.45, 2.75) is 26.3 Å². The number of urea groups is 1. The molecule has 0 aliphatic rings. The van der Waals surface area contributed by atoms with E-state index in [1.165, 1.54) is 0 Å². The lowest BCUT2D eigenvalue weighted by Gasteiger charge is -2.22. The summed E-state index contributed by atoms with van der Waals surface area (Å²) in [5.74, 6) is 0. The first-order valence-corrected chi connectivity index (χ1v) is 7.90. The second-order valence-corrected chi connectivity index (χ2v) is 6.97. The van der Waals surface area contributed by atoms with Crippen LogP contribution in [-0.4, -0.2) is 11.6 Å². The van der Waals surface area contributed by atoms with Crippen LogP contribution < -0.4 is 16.0 Å². The smallest absolute Gasteiger partial charge is 0.323 e. The van der Waals surface area contributed by atoms with Crippen LogP contribution in [0.4, 0.5) is 21.9 Å². The Hall–Kier alpha value is -1.91. The lowest BCUT2D eigenvalue weighted by molar-refractivity contribution is 0.262. The van der Waals surface area contributed by atoms with E-state index in [9.17, 15) is 4.79 Å². The molecule has 23 heavy (non-hydrogen) atoms. The molecule has 6 heteroatoms. The number of benzene rings is 2. The normalized spacial score (nSPS) is 11.0. The Balaban J connectivity index is 1.96. The highest BCUT2D eigenvalue weighted by Crippen LogP contribution is 2.25. The topological polar surface area (TPSA) is 53.2 Å². The molecule has 2 aromatic rings. The maximum absolute atomic E-state index is 12.0. The number of hydrogen-bond donors (Lipinski definition) is 3. The van der Waals surface area contributed by atoms with E-state index in [0.717, 1.165) is 5.69 Å². The van der Waals surface area contributed by atoms with Gasteiger partial charge in [-0.25, -0.2) is 4.79 Å². The van der Waals surface area contributed by atoms with E-state index in [-0.39, 0.29) is 11.6 Å². The lowest BCUT2D eigenvalue weighted by Crippen LogP contribution is -2.26. The number of rotatable bonds is 3. The summed E-state index contributed by atoms with van der Waals surface area (Å²) in [5, 5.41) is 9.66. The Kier molecular flexibility index (Phi) is 5.39. The third-order valence-electron chi connectivity index (χ3n) is 2.84. The van der Waals surface area contributed by atoms with Gasteiger partial charge in [0.1, 0.15) is 0 Å². The third kappa shape index (κ3) is 5.66. The van der Waals surface area contributed by atoms with Crippen LogP contribution in [0.25, 0.3) is 0 Å². The van der Waals surface area contributed by atoms with Gasteiger partial charge in [-0.3, -0.25) is 0 Å². The van der Waals surface area contributed by atoms with Crippen molar-refractivity contribution in [3.63, 3.8) is 0 Å². The molecule has 4 nitrogen and oxygen atoms in total. The van der Waals surface area contributed by atoms with Gasteiger partial charge in [0, 0.05) is 22.6 Å². The average molecular weight is 352 g/mol. The number of carbonyl (C=O) groups excluding carboxylic acids is 1. The van der Waals surface area contributed by atoms with E-state index in [0.29, 0.717) is 21.4 Å². The van der Waals surface area contributed by atoms with Crippen molar-refractivity contribution in [3.05, 3.63) is 52.5 Å². The van der Waals surface area contributed by atoms with Gasteiger partial charge in [0.25, 0.3) is 0 Å². The molecule has 0 unspecified atom stereocenters. The lowest BCUT2D eigenvalue weighted by atomic mass is 10.1. The Bertz CT molecular complexity index is 694. The molecule has 0 saturated heterocycles. The Morgan fingerprint density at radius 2 is 1.35 bits per heavy atom. The van der Waals surface area contributed by atoms with Crippen molar-refractivity contribution in [2.24, 2.45) is 0 Å². The Morgan fingerprint density at radius 1 is 0.826 bits per heavy atom. The summed E-state index contributed by atoms with van der Waals surface area (Å²) in [6, 6.07) is 12.1. The molecule has 2 aromatic carbocycles. The van der Waals surface area contributed by atoms with Gasteiger partial charge in [0.2, 0.25) is 0 Å². The second kappa shape index (κ2) is 7.11. The highest BCUT2D eigenvalue weighted by molar-refractivity contribution is 6.42. The molecule has 0 aliphatic heterocycles. The van der Waals surface area contributed by atoms with Crippen LogP contribution in [0.1, 0.15) is 20.8 Å². The van der Waals surface area contributed by atoms with Crippen molar-refractivity contribution in [1.29, 1.82) is 0 Å². The molecule has 2 rings (SSSR count). The summed E-state index contributed by atoms with van der Waals surface area (Å²) in [6.07, 6.45) is 0. The first-order valence-electron chi connectivity index (χ1n) is 7.14. The fourth-order valence-electron chi connectivity index (χ4n) is 1.94. The van der Waals surface area contributed by atoms with Crippen molar-refractivity contribution >= 4 is 46.3 Å². The van der Waals surface area contributed by atoms with Crippen LogP contribution in [0.3, 0.4) is 0 Å². The van der Waals surface area contributed by atoms with Gasteiger partial charge in [0.05, 0.1) is 10.0 Å². The van der Waals surface area contributed by atoms with E-state index >= 15 is 0 Å². The summed E-state index contributed by atoms with van der Waals surface area (Å²) in [6.45, 7) is 6.26. The van der Waals surface area contributed by atoms with Crippen LogP contribution >= 0.6 is 23.2 Å². The molecule has 0 spiro atoms. The highest BCUT2D eigenvalue weighted by Gasteiger charge is 2.09. The maximum atomic E-state index is 12.0. The molecule has 0 radical (unpaired) electrons. The Labute approximate surface area is 146 Å². The number of nitrogens with one attached hydrogen (secondary N) is 3. The van der Waals surface area contributed by atoms with Crippen LogP contribution in [0.5, 0.6) is 0 Å². The minimum Gasteiger partial charge on any atom is -0.380 e. The van der Waals surface area contributed by atoms with Gasteiger partial charge in [-0.15, -0.1) is 0 Å². The molecule has 0 aliphatic carbocycles. The summed E-state index contributed by atoms with van der Waals surface area (Å²) in [4.78, 5) is 12.0. The predicted molar refractivity (Wildman–Crippen MR) is 98.9 cm³/mol. The van der Waals surface area contributed by atoms with E-state index in [4.69, 9.17) is 23.2 Å². The van der Waals surface area contributed by atoms with Crippen molar-refractivity contribution < 1.29 is 4.79 Å². The zero-order valence-electron chi connectivity index (χ0n) is 13.2. The SMILES string of the molecule is CC(C)(C)Nc1ccc(NC(=O)Nc2ccc(Cl)c(Cl)c2)cc1. The van der Waals surface area contributed by atoms with Crippen LogP contribution in [0.2, 0.25) is 10.0 Å². The van der Waals surface area contributed by atoms with Crippen molar-refractivity contribution in [1.82, 2.24) is 0 Å². The molecular formula is C17H19Cl2N3O. The second-order valence-electron chi connectivity index (χ2n) is 6.16. The summed E-state index contributed by atoms with van der Waals surface area (Å²) >= 11 is 11.8. The largest absolute Gasteiger partial charge is 0.380 e. The predicted octanol–water partition coefficient (Wildman–Crippen LogP) is 5.85. The molecule has 0 saturated carbocycles. The van der Waals surface area contributed by atoms with Gasteiger partial charge in [-0.2, -0.15) is 0 Å². The Morgan fingerprint density at radius 3 is 1.91 bits per heavy atom. The molecule has 0 bridgehead atoms. The zero-order chi connectivity index (χ0) is 17.0. The standard InChI is InChI=1S/C17H19Cl2N3O/c1-17(2,3)22-12-6-4-11(5-7-12)20-16(23)21-13-8-9-14(18)15(19)10-13/h4-10,22H,1-3H3,(H2,20,21,23). The van der Waals surface area contributed by atoms with Crippen molar-refractivity contribution in [3.8, 4) is 0 Å². The minimum absolute atomic E-state index is 0.0137. The fourth-order valence-corrected chi connectivity index (χ4v) is 2.24. The van der Waals surface area contributed by atoms with Crippen LogP contribution in [0.15, 0.2) is 42.5 Å². The maximum Gasteiger partial charge on any atom is 0.323 e. The first-order chi connectivity index (χ1) is 10.7. The monoisotopic (exact) mass is 351 g/mol. The van der Waals surface area contributed by atoms with Gasteiger partial charge in [-0.1, -0.05) is 23.2 Å². The van der Waals surface area contributed by atoms with E-state index in [2.05, 4.69) is 36.7 Å². The summed E-state index contributed by atoms with van der Waals surface area (Å²) in [7, 11) is 0. The minimum atomic E-state index is -0.347. The van der Waals surface area contributed by atoms with E-state index < -0.39 is 0 Å². The van der Waals surface area contributed by atoms with E-state index in [1.807, 2.05) is 24.3 Å². The van der Waals surface area contributed by atoms with Crippen molar-refractivity contribution in [2.75, 3.05) is 16.0 Å². The average Bonchev–Trinajstić information content (AvgIpc) is 2.43. The van der Waals surface area contributed by atoms with Crippen LogP contribution in [0, 0.1) is 0 Å². The molecule has 0 atom stereocenters. The number of halogens is 2. The molecule has 0 fully saturated rings. The number of amides is 2.